The van der Waals surface area contributed by atoms with Crippen molar-refractivity contribution in [3.05, 3.63) is 28.8 Å². The van der Waals surface area contributed by atoms with Crippen molar-refractivity contribution < 1.29 is 13.5 Å². The van der Waals surface area contributed by atoms with Crippen molar-refractivity contribution in [2.24, 2.45) is 0 Å². The number of hydrogen-bond donors (Lipinski definition) is 0. The van der Waals surface area contributed by atoms with Crippen LogP contribution in [0.2, 0.25) is 0 Å². The summed E-state index contributed by atoms with van der Waals surface area (Å²) in [5, 5.41) is 0. The zero-order valence-corrected chi connectivity index (χ0v) is 8.82. The van der Waals surface area contributed by atoms with Crippen LogP contribution in [0.25, 0.3) is 0 Å². The van der Waals surface area contributed by atoms with Crippen LogP contribution in [-0.2, 0) is 5.92 Å². The van der Waals surface area contributed by atoms with Gasteiger partial charge in [0, 0.05) is 6.92 Å². The van der Waals surface area contributed by atoms with E-state index in [-0.39, 0.29) is 11.3 Å². The maximum absolute atomic E-state index is 13.1. The lowest BCUT2D eigenvalue weighted by atomic mass is 10.0. The van der Waals surface area contributed by atoms with Crippen molar-refractivity contribution in [2.75, 3.05) is 7.11 Å². The summed E-state index contributed by atoms with van der Waals surface area (Å²) in [6, 6.07) is 3.12. The number of benzene rings is 1. The highest BCUT2D eigenvalue weighted by atomic mass is 19.3. The summed E-state index contributed by atoms with van der Waals surface area (Å²) in [6.07, 6.45) is 0. The van der Waals surface area contributed by atoms with Gasteiger partial charge < -0.3 is 4.74 Å². The third kappa shape index (κ3) is 2.03. The predicted molar refractivity (Wildman–Crippen MR) is 52.0 cm³/mol. The van der Waals surface area contributed by atoms with Gasteiger partial charge >= 0.3 is 0 Å². The zero-order valence-electron chi connectivity index (χ0n) is 8.82. The first kappa shape index (κ1) is 11.0. The molecule has 1 nitrogen and oxygen atoms in total. The van der Waals surface area contributed by atoms with Gasteiger partial charge in [-0.1, -0.05) is 0 Å². The standard InChI is InChI=1S/C11H14F2O/c1-7-5-9(11(3,12)13)10(14-4)6-8(7)2/h5-6H,1-4H3. The van der Waals surface area contributed by atoms with Gasteiger partial charge in [0.2, 0.25) is 0 Å². The molecule has 0 aromatic heterocycles. The number of hydrogen-bond acceptors (Lipinski definition) is 1. The molecule has 1 aromatic carbocycles. The topological polar surface area (TPSA) is 9.23 Å². The van der Waals surface area contributed by atoms with Crippen LogP contribution in [0.5, 0.6) is 5.75 Å². The molecule has 0 fully saturated rings. The summed E-state index contributed by atoms with van der Waals surface area (Å²) in [4.78, 5) is 0. The molecule has 0 heterocycles. The van der Waals surface area contributed by atoms with E-state index in [9.17, 15) is 8.78 Å². The van der Waals surface area contributed by atoms with E-state index < -0.39 is 5.92 Å². The van der Waals surface area contributed by atoms with Gasteiger partial charge in [0.15, 0.2) is 0 Å². The van der Waals surface area contributed by atoms with Crippen LogP contribution in [0.15, 0.2) is 12.1 Å². The number of halogens is 2. The van der Waals surface area contributed by atoms with Crippen LogP contribution in [0.4, 0.5) is 8.78 Å². The minimum Gasteiger partial charge on any atom is -0.496 e. The molecule has 0 spiro atoms. The highest BCUT2D eigenvalue weighted by Crippen LogP contribution is 2.35. The number of ether oxygens (including phenoxy) is 1. The second-order valence-electron chi connectivity index (χ2n) is 3.53. The van der Waals surface area contributed by atoms with Gasteiger partial charge in [-0.3, -0.25) is 0 Å². The van der Waals surface area contributed by atoms with Crippen LogP contribution in [0, 0.1) is 13.8 Å². The lowest BCUT2D eigenvalue weighted by molar-refractivity contribution is 0.0150. The van der Waals surface area contributed by atoms with Crippen LogP contribution < -0.4 is 4.74 Å². The van der Waals surface area contributed by atoms with Crippen LogP contribution >= 0.6 is 0 Å². The van der Waals surface area contributed by atoms with E-state index in [0.717, 1.165) is 18.1 Å². The van der Waals surface area contributed by atoms with E-state index in [1.807, 2.05) is 13.8 Å². The summed E-state index contributed by atoms with van der Waals surface area (Å²) in [5.74, 6) is -2.61. The first-order valence-corrected chi connectivity index (χ1v) is 4.40. The minimum atomic E-state index is -2.86. The lowest BCUT2D eigenvalue weighted by Gasteiger charge is -2.16. The summed E-state index contributed by atoms with van der Waals surface area (Å²) < 4.78 is 31.2. The quantitative estimate of drug-likeness (QED) is 0.710. The highest BCUT2D eigenvalue weighted by Gasteiger charge is 2.28. The largest absolute Gasteiger partial charge is 0.496 e. The van der Waals surface area contributed by atoms with Crippen molar-refractivity contribution in [1.82, 2.24) is 0 Å². The number of alkyl halides is 2. The minimum absolute atomic E-state index is 0.0527. The zero-order chi connectivity index (χ0) is 10.9. The van der Waals surface area contributed by atoms with Crippen LogP contribution in [0.1, 0.15) is 23.6 Å². The molecule has 0 amide bonds. The van der Waals surface area contributed by atoms with Gasteiger partial charge in [0.05, 0.1) is 12.7 Å². The Morgan fingerprint density at radius 1 is 1.14 bits per heavy atom. The smallest absolute Gasteiger partial charge is 0.274 e. The fourth-order valence-electron chi connectivity index (χ4n) is 1.30. The molecular weight excluding hydrogens is 186 g/mol. The molecular formula is C11H14F2O. The number of aryl methyl sites for hydroxylation is 2. The van der Waals surface area contributed by atoms with E-state index in [1.165, 1.54) is 13.2 Å². The average molecular weight is 200 g/mol. The Morgan fingerprint density at radius 3 is 2.07 bits per heavy atom. The van der Waals surface area contributed by atoms with E-state index in [1.54, 1.807) is 6.07 Å². The Hall–Kier alpha value is -1.12. The van der Waals surface area contributed by atoms with E-state index in [2.05, 4.69) is 0 Å². The van der Waals surface area contributed by atoms with Crippen LogP contribution in [0.3, 0.4) is 0 Å². The van der Waals surface area contributed by atoms with Crippen molar-refractivity contribution in [3.63, 3.8) is 0 Å². The molecule has 0 saturated carbocycles. The van der Waals surface area contributed by atoms with Gasteiger partial charge in [-0.2, -0.15) is 0 Å². The molecule has 0 bridgehead atoms. The van der Waals surface area contributed by atoms with Gasteiger partial charge in [-0.25, -0.2) is 8.78 Å². The third-order valence-corrected chi connectivity index (χ3v) is 2.29. The molecule has 0 N–H and O–H groups in total. The summed E-state index contributed by atoms with van der Waals surface area (Å²) in [7, 11) is 1.40. The van der Waals surface area contributed by atoms with Gasteiger partial charge in [0.25, 0.3) is 5.92 Å². The normalized spacial score (nSPS) is 11.6. The Kier molecular flexibility index (Phi) is 2.79. The first-order valence-electron chi connectivity index (χ1n) is 4.40. The van der Waals surface area contributed by atoms with E-state index in [4.69, 9.17) is 4.74 Å². The van der Waals surface area contributed by atoms with Gasteiger partial charge in [-0.05, 0) is 37.1 Å². The molecule has 3 heteroatoms. The highest BCUT2D eigenvalue weighted by molar-refractivity contribution is 5.43. The Balaban J connectivity index is 3.35. The molecule has 0 atom stereocenters. The molecule has 14 heavy (non-hydrogen) atoms. The molecule has 0 aliphatic carbocycles. The van der Waals surface area contributed by atoms with Crippen LogP contribution in [-0.4, -0.2) is 7.11 Å². The number of methoxy groups -OCH3 is 1. The maximum atomic E-state index is 13.1. The lowest BCUT2D eigenvalue weighted by Crippen LogP contribution is -2.10. The molecule has 1 rings (SSSR count). The maximum Gasteiger partial charge on any atom is 0.274 e. The Bertz CT molecular complexity index is 340. The fourth-order valence-corrected chi connectivity index (χ4v) is 1.30. The molecule has 0 radical (unpaired) electrons. The predicted octanol–water partition coefficient (Wildman–Crippen LogP) is 3.42. The molecule has 0 aliphatic heterocycles. The van der Waals surface area contributed by atoms with Crippen molar-refractivity contribution in [2.45, 2.75) is 26.7 Å². The van der Waals surface area contributed by atoms with Gasteiger partial charge in [-0.15, -0.1) is 0 Å². The molecule has 0 saturated heterocycles. The summed E-state index contributed by atoms with van der Waals surface area (Å²) in [5.41, 5.74) is 1.75. The Labute approximate surface area is 82.7 Å². The second kappa shape index (κ2) is 3.56. The molecule has 1 aromatic rings. The fraction of sp³-hybridized carbons (Fsp3) is 0.455. The molecule has 0 aliphatic rings. The molecule has 78 valence electrons. The number of rotatable bonds is 2. The SMILES string of the molecule is COc1cc(C)c(C)cc1C(C)(F)F. The second-order valence-corrected chi connectivity index (χ2v) is 3.53. The third-order valence-electron chi connectivity index (χ3n) is 2.29. The summed E-state index contributed by atoms with van der Waals surface area (Å²) >= 11 is 0. The van der Waals surface area contributed by atoms with Crippen molar-refractivity contribution in [3.8, 4) is 5.75 Å². The summed E-state index contributed by atoms with van der Waals surface area (Å²) in [6.45, 7) is 4.55. The Morgan fingerprint density at radius 2 is 1.64 bits per heavy atom. The first-order chi connectivity index (χ1) is 6.36. The molecule has 0 unspecified atom stereocenters. The van der Waals surface area contributed by atoms with E-state index >= 15 is 0 Å². The average Bonchev–Trinajstić information content (AvgIpc) is 2.07. The monoisotopic (exact) mass is 200 g/mol. The van der Waals surface area contributed by atoms with Crippen molar-refractivity contribution in [1.29, 1.82) is 0 Å². The van der Waals surface area contributed by atoms with E-state index in [0.29, 0.717) is 0 Å². The van der Waals surface area contributed by atoms with Gasteiger partial charge in [0.1, 0.15) is 5.75 Å². The van der Waals surface area contributed by atoms with Crippen molar-refractivity contribution >= 4 is 0 Å².